The Kier molecular flexibility index (Phi) is 15.8. The van der Waals surface area contributed by atoms with Gasteiger partial charge in [0.25, 0.3) is 0 Å². The van der Waals surface area contributed by atoms with Crippen LogP contribution in [0.15, 0.2) is 182 Å². The first kappa shape index (κ1) is 35.5. The molecule has 45 heavy (non-hydrogen) atoms. The van der Waals surface area contributed by atoms with Crippen molar-refractivity contribution in [3.05, 3.63) is 182 Å². The Morgan fingerprint density at radius 2 is 0.578 bits per heavy atom. The van der Waals surface area contributed by atoms with Gasteiger partial charge in [0.1, 0.15) is 23.2 Å². The molecule has 0 atom stereocenters. The molecule has 0 aliphatic heterocycles. The smallest absolute Gasteiger partial charge is 0.0919 e. The molecule has 0 amide bonds. The molecule has 0 N–H and O–H groups in total. The highest BCUT2D eigenvalue weighted by molar-refractivity contribution is 9.12. The van der Waals surface area contributed by atoms with Gasteiger partial charge in [-0.2, -0.15) is 0 Å². The van der Waals surface area contributed by atoms with Gasteiger partial charge in [-0.15, -0.1) is 0 Å². The minimum Gasteiger partial charge on any atom is -0.0919 e. The summed E-state index contributed by atoms with van der Waals surface area (Å²) in [6.07, 6.45) is 1.13. The van der Waals surface area contributed by atoms with E-state index in [1.165, 1.54) is 31.8 Å². The number of hydrogen-bond donors (Lipinski definition) is 0. The van der Waals surface area contributed by atoms with E-state index in [1.54, 1.807) is 0 Å². The van der Waals surface area contributed by atoms with Crippen molar-refractivity contribution in [1.82, 2.24) is 0 Å². The summed E-state index contributed by atoms with van der Waals surface area (Å²) in [7, 11) is -2.05. The van der Waals surface area contributed by atoms with Crippen LogP contribution in [-0.2, 0) is 0 Å². The molecule has 0 unspecified atom stereocenters. The minimum absolute atomic E-state index is 0.446. The monoisotopic (exact) mass is 817 g/mol. The average molecular weight is 820 g/mol. The maximum atomic E-state index is 3.70. The minimum atomic E-state index is -1.60. The van der Waals surface area contributed by atoms with Crippen molar-refractivity contribution < 1.29 is 0 Å². The molecule has 6 aromatic carbocycles. The average Bonchev–Trinajstić information content (AvgIpc) is 3.14. The third-order valence-electron chi connectivity index (χ3n) is 7.13. The Bertz CT molecular complexity index is 1410. The van der Waals surface area contributed by atoms with E-state index >= 15 is 0 Å². The highest BCUT2D eigenvalue weighted by Crippen LogP contribution is 2.55. The van der Waals surface area contributed by atoms with E-state index in [-0.39, 0.29) is 0 Å². The molecular formula is C40H38Br3P2+. The fourth-order valence-electron chi connectivity index (χ4n) is 5.19. The molecule has 0 saturated carbocycles. The summed E-state index contributed by atoms with van der Waals surface area (Å²) in [5.41, 5.74) is 0. The van der Waals surface area contributed by atoms with Crippen LogP contribution in [0.2, 0.25) is 0 Å². The van der Waals surface area contributed by atoms with E-state index in [1.807, 2.05) is 0 Å². The van der Waals surface area contributed by atoms with E-state index in [0.717, 1.165) is 22.2 Å². The van der Waals surface area contributed by atoms with Crippen molar-refractivity contribution in [2.45, 2.75) is 0 Å². The van der Waals surface area contributed by atoms with Crippen LogP contribution < -0.4 is 31.8 Å². The molecular weight excluding hydrogens is 782 g/mol. The van der Waals surface area contributed by atoms with Crippen LogP contribution in [0, 0.1) is 0 Å². The van der Waals surface area contributed by atoms with Gasteiger partial charge in [0, 0.05) is 16.0 Å². The first-order valence-electron chi connectivity index (χ1n) is 14.9. The Balaban J connectivity index is 0.000000185. The number of alkyl halides is 3. The SMILES string of the molecule is BrCCBr.BrCC[P+](c1ccccc1)(c1ccccc1)c1ccccc1.c1ccc(P(c2ccccc2)c2ccccc2)cc1. The zero-order valence-corrected chi connectivity index (χ0v) is 31.7. The van der Waals surface area contributed by atoms with Crippen LogP contribution in [0.1, 0.15) is 0 Å². The largest absolute Gasteiger partial charge is 0.112 e. The maximum Gasteiger partial charge on any atom is 0.112 e. The highest BCUT2D eigenvalue weighted by Gasteiger charge is 2.44. The lowest BCUT2D eigenvalue weighted by atomic mass is 10.4. The number of benzene rings is 6. The predicted octanol–water partition coefficient (Wildman–Crippen LogP) is 9.60. The van der Waals surface area contributed by atoms with Gasteiger partial charge in [0.15, 0.2) is 0 Å². The van der Waals surface area contributed by atoms with Crippen LogP contribution in [0.25, 0.3) is 0 Å². The van der Waals surface area contributed by atoms with Crippen LogP contribution in [0.4, 0.5) is 0 Å². The molecule has 6 aromatic rings. The summed E-state index contributed by atoms with van der Waals surface area (Å²) in [5.74, 6) is 0. The van der Waals surface area contributed by atoms with Crippen molar-refractivity contribution in [2.24, 2.45) is 0 Å². The van der Waals surface area contributed by atoms with E-state index in [2.05, 4.69) is 230 Å². The van der Waals surface area contributed by atoms with Crippen LogP contribution in [-0.4, -0.2) is 22.2 Å². The Morgan fingerprint density at radius 3 is 0.800 bits per heavy atom. The summed E-state index contributed by atoms with van der Waals surface area (Å²) in [4.78, 5) is 0. The zero-order valence-electron chi connectivity index (χ0n) is 25.2. The van der Waals surface area contributed by atoms with Crippen LogP contribution >= 0.6 is 63.0 Å². The first-order chi connectivity index (χ1) is 22.2. The highest BCUT2D eigenvalue weighted by atomic mass is 79.9. The van der Waals surface area contributed by atoms with Gasteiger partial charge in [-0.3, -0.25) is 0 Å². The van der Waals surface area contributed by atoms with Gasteiger partial charge in [-0.1, -0.05) is 193 Å². The molecule has 6 rings (SSSR count). The standard InChI is InChI=1S/C20H19BrP.C18H15P.C2H4Br2/c21-16-17-22(18-10-4-1-5-11-18,19-12-6-2-7-13-19)20-14-8-3-9-15-20;1-4-10-16(11-5-1)19(17-12-6-2-7-13-17)18-14-8-3-9-15-18;3-1-2-4/h1-15H,16-17H2;1-15H;1-2H2/q+1;;. The van der Waals surface area contributed by atoms with E-state index in [4.69, 9.17) is 0 Å². The molecule has 0 spiro atoms. The van der Waals surface area contributed by atoms with E-state index < -0.39 is 15.2 Å². The van der Waals surface area contributed by atoms with Gasteiger partial charge in [0.2, 0.25) is 0 Å². The quantitative estimate of drug-likeness (QED) is 0.101. The molecule has 0 radical (unpaired) electrons. The molecule has 0 fully saturated rings. The molecule has 0 saturated heterocycles. The fraction of sp³-hybridized carbons (Fsp3) is 0.100. The van der Waals surface area contributed by atoms with Gasteiger partial charge >= 0.3 is 0 Å². The van der Waals surface area contributed by atoms with Crippen molar-refractivity contribution in [1.29, 1.82) is 0 Å². The number of hydrogen-bond acceptors (Lipinski definition) is 0. The van der Waals surface area contributed by atoms with Crippen molar-refractivity contribution in [2.75, 3.05) is 22.2 Å². The molecule has 228 valence electrons. The topological polar surface area (TPSA) is 0 Å². The molecule has 5 heteroatoms. The van der Waals surface area contributed by atoms with Crippen molar-refractivity contribution in [3.8, 4) is 0 Å². The van der Waals surface area contributed by atoms with Crippen molar-refractivity contribution >= 4 is 94.8 Å². The van der Waals surface area contributed by atoms with Gasteiger partial charge in [-0.25, -0.2) is 0 Å². The maximum absolute atomic E-state index is 3.70. The molecule has 0 aromatic heterocycles. The zero-order chi connectivity index (χ0) is 31.6. The second-order valence-corrected chi connectivity index (χ2v) is 18.2. The lowest BCUT2D eigenvalue weighted by molar-refractivity contribution is 1.53. The first-order valence-corrected chi connectivity index (χ1v) is 21.6. The Morgan fingerprint density at radius 1 is 0.333 bits per heavy atom. The molecule has 0 heterocycles. The summed E-state index contributed by atoms with van der Waals surface area (Å²) in [6, 6.07) is 65.3. The number of halogens is 3. The molecule has 0 aliphatic carbocycles. The summed E-state index contributed by atoms with van der Waals surface area (Å²) >= 11 is 10.1. The number of rotatable bonds is 9. The third-order valence-corrected chi connectivity index (χ3v) is 16.9. The summed E-state index contributed by atoms with van der Waals surface area (Å²) in [5, 5.41) is 11.6. The second kappa shape index (κ2) is 20.0. The Hall–Kier alpha value is -2.38. The Labute approximate surface area is 296 Å². The van der Waals surface area contributed by atoms with Crippen LogP contribution in [0.3, 0.4) is 0 Å². The normalized spacial score (nSPS) is 10.7. The molecule has 0 bridgehead atoms. The van der Waals surface area contributed by atoms with Gasteiger partial charge < -0.3 is 0 Å². The lowest BCUT2D eigenvalue weighted by Gasteiger charge is -2.27. The molecule has 0 nitrogen and oxygen atoms in total. The molecule has 0 aliphatic rings. The van der Waals surface area contributed by atoms with Gasteiger partial charge in [0.05, 0.1) is 6.16 Å². The summed E-state index contributed by atoms with van der Waals surface area (Å²) in [6.45, 7) is 0. The van der Waals surface area contributed by atoms with Crippen LogP contribution in [0.5, 0.6) is 0 Å². The summed E-state index contributed by atoms with van der Waals surface area (Å²) < 4.78 is 0. The third kappa shape index (κ3) is 10.1. The van der Waals surface area contributed by atoms with Crippen molar-refractivity contribution in [3.63, 3.8) is 0 Å². The van der Waals surface area contributed by atoms with E-state index in [0.29, 0.717) is 0 Å². The second-order valence-electron chi connectivity index (χ2n) is 9.95. The van der Waals surface area contributed by atoms with Gasteiger partial charge in [-0.05, 0) is 60.2 Å². The van der Waals surface area contributed by atoms with E-state index in [9.17, 15) is 0 Å². The fourth-order valence-corrected chi connectivity index (χ4v) is 13.1. The lowest BCUT2D eigenvalue weighted by Crippen LogP contribution is -2.33. The predicted molar refractivity (Wildman–Crippen MR) is 217 cm³/mol.